The molecule has 2 rings (SSSR count). The highest BCUT2D eigenvalue weighted by molar-refractivity contribution is 6.09. The van der Waals surface area contributed by atoms with Crippen LogP contribution in [0.2, 0.25) is 0 Å². The fraction of sp³-hybridized carbons (Fsp3) is 0.188. The van der Waals surface area contributed by atoms with Crippen LogP contribution in [0.5, 0.6) is 5.75 Å². The third kappa shape index (κ3) is 2.60. The Balaban J connectivity index is 2.42. The second kappa shape index (κ2) is 5.14. The van der Waals surface area contributed by atoms with Gasteiger partial charge in [-0.05, 0) is 61.4 Å². The van der Waals surface area contributed by atoms with E-state index in [4.69, 9.17) is 10.5 Å². The summed E-state index contributed by atoms with van der Waals surface area (Å²) >= 11 is 0. The predicted molar refractivity (Wildman–Crippen MR) is 76.8 cm³/mol. The van der Waals surface area contributed by atoms with Crippen molar-refractivity contribution >= 4 is 11.5 Å². The van der Waals surface area contributed by atoms with Crippen molar-refractivity contribution in [3.63, 3.8) is 0 Å². The van der Waals surface area contributed by atoms with E-state index < -0.39 is 0 Å². The lowest BCUT2D eigenvalue weighted by molar-refractivity contribution is 0.103. The first-order valence-electron chi connectivity index (χ1n) is 6.08. The fourth-order valence-corrected chi connectivity index (χ4v) is 2.20. The summed E-state index contributed by atoms with van der Waals surface area (Å²) < 4.78 is 5.30. The van der Waals surface area contributed by atoms with Crippen molar-refractivity contribution in [2.24, 2.45) is 0 Å². The first-order chi connectivity index (χ1) is 9.02. The number of benzene rings is 2. The predicted octanol–water partition coefficient (Wildman–Crippen LogP) is 3.13. The molecule has 0 radical (unpaired) electrons. The number of nitrogens with two attached hydrogens (primary N) is 1. The van der Waals surface area contributed by atoms with Gasteiger partial charge in [-0.2, -0.15) is 0 Å². The summed E-state index contributed by atoms with van der Waals surface area (Å²) in [6, 6.07) is 10.7. The summed E-state index contributed by atoms with van der Waals surface area (Å²) in [7, 11) is 1.64. The minimum Gasteiger partial charge on any atom is -0.496 e. The second-order valence-electron chi connectivity index (χ2n) is 4.59. The van der Waals surface area contributed by atoms with Crippen molar-refractivity contribution in [3.8, 4) is 5.75 Å². The van der Waals surface area contributed by atoms with Crippen molar-refractivity contribution in [1.29, 1.82) is 0 Å². The van der Waals surface area contributed by atoms with E-state index in [2.05, 4.69) is 0 Å². The largest absolute Gasteiger partial charge is 0.496 e. The number of aryl methyl sites for hydroxylation is 2. The van der Waals surface area contributed by atoms with Gasteiger partial charge < -0.3 is 10.5 Å². The molecule has 0 atom stereocenters. The Hall–Kier alpha value is -2.29. The number of ketones is 1. The third-order valence-corrected chi connectivity index (χ3v) is 3.10. The molecule has 2 N–H and O–H groups in total. The average Bonchev–Trinajstić information content (AvgIpc) is 2.38. The molecule has 3 heteroatoms. The van der Waals surface area contributed by atoms with Gasteiger partial charge in [-0.3, -0.25) is 4.79 Å². The molecule has 0 unspecified atom stereocenters. The van der Waals surface area contributed by atoms with E-state index in [1.807, 2.05) is 26.0 Å². The summed E-state index contributed by atoms with van der Waals surface area (Å²) in [5, 5.41) is 0. The molecule has 2 aromatic carbocycles. The first-order valence-corrected chi connectivity index (χ1v) is 6.08. The van der Waals surface area contributed by atoms with Crippen LogP contribution in [0.15, 0.2) is 36.4 Å². The molecule has 19 heavy (non-hydrogen) atoms. The molecule has 0 amide bonds. The zero-order chi connectivity index (χ0) is 14.0. The molecule has 0 fully saturated rings. The summed E-state index contributed by atoms with van der Waals surface area (Å²) in [6.45, 7) is 3.87. The number of methoxy groups -OCH3 is 1. The molecule has 0 aromatic heterocycles. The third-order valence-electron chi connectivity index (χ3n) is 3.10. The first kappa shape index (κ1) is 13.1. The van der Waals surface area contributed by atoms with Crippen LogP contribution in [-0.2, 0) is 0 Å². The van der Waals surface area contributed by atoms with Gasteiger partial charge in [-0.15, -0.1) is 0 Å². The highest BCUT2D eigenvalue weighted by atomic mass is 16.5. The van der Waals surface area contributed by atoms with Gasteiger partial charge in [-0.1, -0.05) is 0 Å². The van der Waals surface area contributed by atoms with E-state index in [0.717, 1.165) is 16.9 Å². The maximum absolute atomic E-state index is 12.4. The number of hydrogen-bond acceptors (Lipinski definition) is 3. The van der Waals surface area contributed by atoms with E-state index in [-0.39, 0.29) is 5.78 Å². The van der Waals surface area contributed by atoms with E-state index in [1.54, 1.807) is 31.4 Å². The minimum atomic E-state index is -0.00569. The number of anilines is 1. The highest BCUT2D eigenvalue weighted by Gasteiger charge is 2.12. The molecule has 98 valence electrons. The molecule has 0 spiro atoms. The van der Waals surface area contributed by atoms with E-state index in [0.29, 0.717) is 16.8 Å². The minimum absolute atomic E-state index is 0.00569. The van der Waals surface area contributed by atoms with Crippen LogP contribution in [0.1, 0.15) is 27.0 Å². The Morgan fingerprint density at radius 3 is 2.00 bits per heavy atom. The molecule has 3 nitrogen and oxygen atoms in total. The fourth-order valence-electron chi connectivity index (χ4n) is 2.20. The van der Waals surface area contributed by atoms with Gasteiger partial charge in [0.2, 0.25) is 0 Å². The lowest BCUT2D eigenvalue weighted by Crippen LogP contribution is -2.03. The Morgan fingerprint density at radius 1 is 1.00 bits per heavy atom. The number of hydrogen-bond donors (Lipinski definition) is 1. The normalized spacial score (nSPS) is 10.3. The van der Waals surface area contributed by atoms with Crippen molar-refractivity contribution in [2.75, 3.05) is 12.8 Å². The van der Waals surface area contributed by atoms with Crippen molar-refractivity contribution < 1.29 is 9.53 Å². The monoisotopic (exact) mass is 255 g/mol. The highest BCUT2D eigenvalue weighted by Crippen LogP contribution is 2.25. The summed E-state index contributed by atoms with van der Waals surface area (Å²) in [5.74, 6) is 0.822. The second-order valence-corrected chi connectivity index (χ2v) is 4.59. The number of carbonyl (C=O) groups excluding carboxylic acids is 1. The van der Waals surface area contributed by atoms with Gasteiger partial charge in [0.25, 0.3) is 0 Å². The lowest BCUT2D eigenvalue weighted by atomic mass is 9.98. The molecule has 2 aromatic rings. The average molecular weight is 255 g/mol. The number of carbonyl (C=O) groups is 1. The molecule has 0 aliphatic carbocycles. The number of ether oxygens (including phenoxy) is 1. The quantitative estimate of drug-likeness (QED) is 0.677. The van der Waals surface area contributed by atoms with Gasteiger partial charge in [0.1, 0.15) is 5.75 Å². The van der Waals surface area contributed by atoms with Gasteiger partial charge in [-0.25, -0.2) is 0 Å². The molecular formula is C16H17NO2. The van der Waals surface area contributed by atoms with Crippen LogP contribution >= 0.6 is 0 Å². The smallest absolute Gasteiger partial charge is 0.193 e. The van der Waals surface area contributed by atoms with E-state index in [9.17, 15) is 4.79 Å². The molecule has 0 aliphatic heterocycles. The van der Waals surface area contributed by atoms with E-state index >= 15 is 0 Å². The van der Waals surface area contributed by atoms with Crippen molar-refractivity contribution in [3.05, 3.63) is 58.7 Å². The van der Waals surface area contributed by atoms with Crippen LogP contribution in [-0.4, -0.2) is 12.9 Å². The number of rotatable bonds is 3. The van der Waals surface area contributed by atoms with E-state index in [1.165, 1.54) is 0 Å². The Kier molecular flexibility index (Phi) is 3.56. The van der Waals surface area contributed by atoms with Crippen LogP contribution in [0, 0.1) is 13.8 Å². The zero-order valence-electron chi connectivity index (χ0n) is 11.4. The summed E-state index contributed by atoms with van der Waals surface area (Å²) in [6.07, 6.45) is 0. The molecule has 0 saturated heterocycles. The Morgan fingerprint density at radius 2 is 1.53 bits per heavy atom. The van der Waals surface area contributed by atoms with Crippen molar-refractivity contribution in [2.45, 2.75) is 13.8 Å². The van der Waals surface area contributed by atoms with Crippen LogP contribution in [0.25, 0.3) is 0 Å². The Bertz CT molecular complexity index is 592. The molecule has 0 saturated carbocycles. The lowest BCUT2D eigenvalue weighted by Gasteiger charge is -2.11. The zero-order valence-corrected chi connectivity index (χ0v) is 11.4. The maximum atomic E-state index is 12.4. The summed E-state index contributed by atoms with van der Waals surface area (Å²) in [4.78, 5) is 12.4. The van der Waals surface area contributed by atoms with Crippen LogP contribution in [0.3, 0.4) is 0 Å². The maximum Gasteiger partial charge on any atom is 0.193 e. The van der Waals surface area contributed by atoms with Gasteiger partial charge >= 0.3 is 0 Å². The molecule has 0 aliphatic rings. The van der Waals surface area contributed by atoms with Crippen LogP contribution in [0.4, 0.5) is 5.69 Å². The topological polar surface area (TPSA) is 52.3 Å². The molecule has 0 heterocycles. The molecule has 0 bridgehead atoms. The SMILES string of the molecule is COc1c(C)cc(C(=O)c2ccc(N)cc2)cc1C. The Labute approximate surface area is 113 Å². The summed E-state index contributed by atoms with van der Waals surface area (Å²) in [5.41, 5.74) is 9.50. The van der Waals surface area contributed by atoms with Gasteiger partial charge in [0.05, 0.1) is 7.11 Å². The standard InChI is InChI=1S/C16H17NO2/c1-10-8-13(9-11(2)16(10)19-3)15(18)12-4-6-14(17)7-5-12/h4-9H,17H2,1-3H3. The number of nitrogen functional groups attached to an aromatic ring is 1. The van der Waals surface area contributed by atoms with Gasteiger partial charge in [0, 0.05) is 16.8 Å². The van der Waals surface area contributed by atoms with Crippen LogP contribution < -0.4 is 10.5 Å². The van der Waals surface area contributed by atoms with Gasteiger partial charge in [0.15, 0.2) is 5.78 Å². The molecular weight excluding hydrogens is 238 g/mol. The van der Waals surface area contributed by atoms with Crippen molar-refractivity contribution in [1.82, 2.24) is 0 Å².